The summed E-state index contributed by atoms with van der Waals surface area (Å²) < 4.78 is 76.3. The number of imidazole rings is 1. The molecule has 0 radical (unpaired) electrons. The Morgan fingerprint density at radius 1 is 0.926 bits per heavy atom. The van der Waals surface area contributed by atoms with Crippen molar-refractivity contribution in [1.82, 2.24) is 48.3 Å². The van der Waals surface area contributed by atoms with Crippen molar-refractivity contribution in [2.24, 2.45) is 5.92 Å². The number of aryl methyl sites for hydroxylation is 2. The van der Waals surface area contributed by atoms with Crippen molar-refractivity contribution in [2.45, 2.75) is 109 Å². The lowest BCUT2D eigenvalue weighted by Gasteiger charge is -2.36. The number of aromatic nitrogens is 9. The van der Waals surface area contributed by atoms with Crippen molar-refractivity contribution in [3.63, 3.8) is 0 Å². The van der Waals surface area contributed by atoms with E-state index >= 15 is 13.6 Å². The van der Waals surface area contributed by atoms with Crippen molar-refractivity contribution in [1.29, 1.82) is 0 Å². The van der Waals surface area contributed by atoms with E-state index in [4.69, 9.17) is 14.4 Å². The largest absolute Gasteiger partial charge is 0.438 e. The van der Waals surface area contributed by atoms with Crippen LogP contribution in [0, 0.1) is 31.4 Å². The molecule has 0 unspecified atom stereocenters. The Kier molecular flexibility index (Phi) is 9.18. The summed E-state index contributed by atoms with van der Waals surface area (Å²) in [5.41, 5.74) is 2.61. The van der Waals surface area contributed by atoms with E-state index in [0.717, 1.165) is 40.1 Å². The number of hydrogen-bond acceptors (Lipinski definition) is 8. The molecule has 15 nitrogen and oxygen atoms in total. The Morgan fingerprint density at radius 3 is 2.38 bits per heavy atom. The number of hydrogen-bond donors (Lipinski definition) is 1. The summed E-state index contributed by atoms with van der Waals surface area (Å²) in [7, 11) is 0. The molecule has 2 bridgehead atoms. The van der Waals surface area contributed by atoms with Crippen LogP contribution in [0.2, 0.25) is 0 Å². The van der Waals surface area contributed by atoms with Gasteiger partial charge in [-0.3, -0.25) is 23.4 Å². The highest BCUT2D eigenvalue weighted by Crippen LogP contribution is 2.57. The van der Waals surface area contributed by atoms with Gasteiger partial charge in [0.15, 0.2) is 11.6 Å². The minimum absolute atomic E-state index is 0.0274. The molecule has 3 fully saturated rings. The minimum Gasteiger partial charge on any atom is -0.376 e. The van der Waals surface area contributed by atoms with Crippen molar-refractivity contribution >= 4 is 27.7 Å². The molecular weight excluding hydrogens is 885 g/mol. The van der Waals surface area contributed by atoms with Gasteiger partial charge >= 0.3 is 18.0 Å². The second kappa shape index (κ2) is 14.7. The average Bonchev–Trinajstić information content (AvgIpc) is 4.02. The van der Waals surface area contributed by atoms with Crippen LogP contribution in [0.1, 0.15) is 116 Å². The normalized spacial score (nSPS) is 23.1. The van der Waals surface area contributed by atoms with Gasteiger partial charge in [0.25, 0.3) is 5.91 Å². The number of halogens is 4. The molecule has 5 aromatic heterocycles. The highest BCUT2D eigenvalue weighted by molar-refractivity contribution is 6.00. The zero-order chi connectivity index (χ0) is 47.3. The number of aromatic amines is 1. The van der Waals surface area contributed by atoms with Crippen LogP contribution < -0.4 is 11.4 Å². The van der Waals surface area contributed by atoms with Crippen LogP contribution in [0.5, 0.6) is 0 Å². The van der Waals surface area contributed by atoms with Gasteiger partial charge in [0.1, 0.15) is 22.9 Å². The number of fused-ring (bicyclic) bond motifs is 6. The van der Waals surface area contributed by atoms with Gasteiger partial charge in [-0.25, -0.2) is 27.7 Å². The number of benzene rings is 3. The number of nitrogens with zero attached hydrogens (tertiary/aromatic N) is 9. The lowest BCUT2D eigenvalue weighted by atomic mass is 9.83. The smallest absolute Gasteiger partial charge is 0.376 e. The highest BCUT2D eigenvalue weighted by Gasteiger charge is 2.59. The first kappa shape index (κ1) is 42.3. The molecule has 1 N–H and O–H groups in total. The molecule has 8 aromatic rings. The van der Waals surface area contributed by atoms with Crippen LogP contribution in [0.15, 0.2) is 81.2 Å². The summed E-state index contributed by atoms with van der Waals surface area (Å²) in [4.78, 5) is 47.7. The van der Waals surface area contributed by atoms with Gasteiger partial charge in [0.2, 0.25) is 0 Å². The number of alkyl halides is 2. The van der Waals surface area contributed by atoms with E-state index in [1.807, 2.05) is 22.5 Å². The molecule has 8 heterocycles. The molecule has 2 saturated heterocycles. The van der Waals surface area contributed by atoms with Crippen molar-refractivity contribution in [2.75, 3.05) is 6.61 Å². The van der Waals surface area contributed by atoms with Gasteiger partial charge in [-0.2, -0.15) is 19.0 Å². The molecule has 1 amide bonds. The molecule has 0 spiro atoms. The summed E-state index contributed by atoms with van der Waals surface area (Å²) in [6.07, 6.45) is 7.64. The van der Waals surface area contributed by atoms with Crippen molar-refractivity contribution in [3.8, 4) is 17.2 Å². The second-order valence-electron chi connectivity index (χ2n) is 19.6. The van der Waals surface area contributed by atoms with Gasteiger partial charge in [-0.15, -0.1) is 0 Å². The van der Waals surface area contributed by atoms with Gasteiger partial charge in [-0.1, -0.05) is 18.1 Å². The number of nitrogens with one attached hydrogen (secondary N) is 1. The van der Waals surface area contributed by atoms with Gasteiger partial charge in [-0.05, 0) is 131 Å². The van der Waals surface area contributed by atoms with Crippen LogP contribution in [-0.4, -0.2) is 72.5 Å². The second-order valence-corrected chi connectivity index (χ2v) is 19.6. The number of amides is 1. The van der Waals surface area contributed by atoms with E-state index in [1.54, 1.807) is 30.7 Å². The quantitative estimate of drug-likeness (QED) is 0.149. The van der Waals surface area contributed by atoms with Crippen LogP contribution in [0.25, 0.3) is 39.0 Å². The zero-order valence-electron chi connectivity index (χ0n) is 37.8. The Hall–Kier alpha value is -7.02. The topological polar surface area (TPSA) is 156 Å². The predicted octanol–water partition coefficient (Wildman–Crippen LogP) is 8.44. The van der Waals surface area contributed by atoms with Gasteiger partial charge in [0, 0.05) is 47.9 Å². The third kappa shape index (κ3) is 6.12. The molecule has 12 rings (SSSR count). The Bertz CT molecular complexity index is 3510. The summed E-state index contributed by atoms with van der Waals surface area (Å²) in [6.45, 7) is 7.16. The number of rotatable bonds is 8. The van der Waals surface area contributed by atoms with Crippen LogP contribution in [0.4, 0.5) is 17.6 Å². The SMILES string of the molecule is Cc1cc(-n2nc3c(c2-n2ccn(-c4ccc5c(cnn5C(F)F)c4F)c2=O)[C@@H]2CC[C@H](C3)N2C(=O)c2cc3cc([C@H]4CCOC(C)(C)C4)ccc3n2[C@@]2(c3noc(=O)[nH]3)C[C@@H]2C)cc(C)c1F. The highest BCUT2D eigenvalue weighted by atomic mass is 19.3. The van der Waals surface area contributed by atoms with Crippen LogP contribution >= 0.6 is 0 Å². The minimum atomic E-state index is -3.00. The first-order chi connectivity index (χ1) is 32.5. The fourth-order valence-electron chi connectivity index (χ4n) is 11.7. The first-order valence-corrected chi connectivity index (χ1v) is 22.9. The number of ether oxygens (including phenoxy) is 1. The molecule has 350 valence electrons. The number of H-pyrrole nitrogens is 1. The molecule has 19 heteroatoms. The standard InChI is InChI=1S/C49H46F4N10O5/c1-24-16-31(17-25(2)40(24)50)62-42(59-14-13-58(47(59)66)37-11-10-35-32(41(37)51)23-54-63(35)45(52)53)39-33(56-62)20-30-7-9-36(39)60(30)43(64)38-19-29-18-27(28-12-15-67-48(4,5)22-28)6-8-34(29)61(38)49(21-26(49)3)44-55-46(65)68-57-44/h6,8,10-11,13-14,16-19,23,26,28,30,36,45H,7,9,12,15,20-22H2,1-5H3,(H,55,57,65)/t26-,28-,30+,36-,49-/m0/s1. The molecule has 1 aliphatic carbocycles. The maximum atomic E-state index is 16.2. The van der Waals surface area contributed by atoms with Gasteiger partial charge in [0.05, 0.1) is 45.8 Å². The Labute approximate surface area is 384 Å². The first-order valence-electron chi connectivity index (χ1n) is 22.9. The predicted molar refractivity (Wildman–Crippen MR) is 240 cm³/mol. The number of carbonyl (C=O) groups excluding carboxylic acids is 1. The zero-order valence-corrected chi connectivity index (χ0v) is 37.8. The maximum Gasteiger partial charge on any atom is 0.438 e. The fraction of sp³-hybridized carbons (Fsp3) is 0.388. The molecule has 3 aromatic carbocycles. The van der Waals surface area contributed by atoms with E-state index in [0.29, 0.717) is 82.4 Å². The average molecular weight is 931 g/mol. The third-order valence-corrected chi connectivity index (χ3v) is 15.0. The molecule has 3 aliphatic heterocycles. The Morgan fingerprint density at radius 2 is 1.68 bits per heavy atom. The summed E-state index contributed by atoms with van der Waals surface area (Å²) in [6, 6.07) is 13.2. The summed E-state index contributed by atoms with van der Waals surface area (Å²) >= 11 is 0. The third-order valence-electron chi connectivity index (χ3n) is 15.0. The maximum absolute atomic E-state index is 16.2. The fourth-order valence-corrected chi connectivity index (χ4v) is 11.7. The van der Waals surface area contributed by atoms with Crippen molar-refractivity contribution < 1.29 is 31.6 Å². The monoisotopic (exact) mass is 930 g/mol. The van der Waals surface area contributed by atoms with E-state index in [2.05, 4.69) is 47.3 Å². The van der Waals surface area contributed by atoms with Crippen LogP contribution in [0.3, 0.4) is 0 Å². The summed E-state index contributed by atoms with van der Waals surface area (Å²) in [5.74, 6) is -1.41. The molecular formula is C49H46F4N10O5. The molecule has 4 aliphatic rings. The molecule has 68 heavy (non-hydrogen) atoms. The van der Waals surface area contributed by atoms with Crippen molar-refractivity contribution in [3.05, 3.63) is 139 Å². The van der Waals surface area contributed by atoms with E-state index in [-0.39, 0.29) is 51.8 Å². The van der Waals surface area contributed by atoms with E-state index < -0.39 is 35.4 Å². The summed E-state index contributed by atoms with van der Waals surface area (Å²) in [5, 5.41) is 13.6. The lowest BCUT2D eigenvalue weighted by molar-refractivity contribution is -0.0592. The number of carbonyl (C=O) groups is 1. The van der Waals surface area contributed by atoms with Gasteiger partial charge < -0.3 is 14.2 Å². The van der Waals surface area contributed by atoms with E-state index in [1.165, 1.54) is 29.1 Å². The lowest BCUT2D eigenvalue weighted by Crippen LogP contribution is -2.43. The molecule has 1 saturated carbocycles. The van der Waals surface area contributed by atoms with E-state index in [9.17, 15) is 18.4 Å². The van der Waals surface area contributed by atoms with Crippen LogP contribution in [-0.2, 0) is 16.7 Å². The molecule has 5 atom stereocenters. The Balaban J connectivity index is 1.01.